The number of benzene rings is 1. The number of nitrogens with one attached hydrogen (secondary N) is 1. The SMILES string of the molecule is CCOc1cccc(N(CC(=O)Nc2nnc(SCC)s2)S(C)(=O)=O)c1. The Labute approximate surface area is 161 Å². The van der Waals surface area contributed by atoms with Gasteiger partial charge in [0, 0.05) is 6.07 Å². The maximum Gasteiger partial charge on any atom is 0.246 e. The smallest absolute Gasteiger partial charge is 0.246 e. The summed E-state index contributed by atoms with van der Waals surface area (Å²) in [7, 11) is -3.66. The van der Waals surface area contributed by atoms with Gasteiger partial charge in [-0.25, -0.2) is 8.42 Å². The van der Waals surface area contributed by atoms with Crippen LogP contribution in [0.3, 0.4) is 0 Å². The first-order chi connectivity index (χ1) is 12.3. The van der Waals surface area contributed by atoms with E-state index in [2.05, 4.69) is 15.5 Å². The summed E-state index contributed by atoms with van der Waals surface area (Å²) in [4.78, 5) is 12.3. The Kier molecular flexibility index (Phi) is 7.23. The largest absolute Gasteiger partial charge is 0.494 e. The maximum atomic E-state index is 12.3. The third-order valence-corrected chi connectivity index (χ3v) is 6.02. The van der Waals surface area contributed by atoms with E-state index in [0.717, 1.165) is 20.7 Å². The van der Waals surface area contributed by atoms with Gasteiger partial charge in [0.05, 0.1) is 18.6 Å². The Bertz CT molecular complexity index is 854. The summed E-state index contributed by atoms with van der Waals surface area (Å²) in [5.41, 5.74) is 0.355. The molecule has 2 rings (SSSR count). The molecule has 8 nitrogen and oxygen atoms in total. The van der Waals surface area contributed by atoms with Crippen molar-refractivity contribution in [3.05, 3.63) is 24.3 Å². The lowest BCUT2D eigenvalue weighted by Crippen LogP contribution is -2.37. The van der Waals surface area contributed by atoms with Crippen LogP contribution in [-0.2, 0) is 14.8 Å². The van der Waals surface area contributed by atoms with E-state index in [1.165, 1.54) is 23.1 Å². The van der Waals surface area contributed by atoms with Crippen molar-refractivity contribution in [3.8, 4) is 5.75 Å². The minimum atomic E-state index is -3.66. The first-order valence-corrected chi connectivity index (χ1v) is 11.4. The molecular formula is C15H20N4O4S3. The molecule has 0 saturated heterocycles. The number of sulfonamides is 1. The van der Waals surface area contributed by atoms with E-state index in [4.69, 9.17) is 4.74 Å². The van der Waals surface area contributed by atoms with E-state index in [1.54, 1.807) is 24.3 Å². The highest BCUT2D eigenvalue weighted by Crippen LogP contribution is 2.26. The van der Waals surface area contributed by atoms with Gasteiger partial charge in [-0.15, -0.1) is 10.2 Å². The Hall–Kier alpha value is -1.85. The van der Waals surface area contributed by atoms with E-state index in [1.807, 2.05) is 13.8 Å². The second-order valence-electron chi connectivity index (χ2n) is 5.05. The van der Waals surface area contributed by atoms with Crippen LogP contribution in [0.2, 0.25) is 0 Å². The number of rotatable bonds is 9. The van der Waals surface area contributed by atoms with E-state index >= 15 is 0 Å². The molecule has 0 aliphatic carbocycles. The summed E-state index contributed by atoms with van der Waals surface area (Å²) in [6.07, 6.45) is 1.05. The van der Waals surface area contributed by atoms with Crippen LogP contribution in [0, 0.1) is 0 Å². The van der Waals surface area contributed by atoms with Gasteiger partial charge < -0.3 is 4.74 Å². The molecule has 1 heterocycles. The normalized spacial score (nSPS) is 11.2. The van der Waals surface area contributed by atoms with Gasteiger partial charge in [-0.05, 0) is 24.8 Å². The number of amides is 1. The van der Waals surface area contributed by atoms with Gasteiger partial charge in [-0.2, -0.15) is 0 Å². The van der Waals surface area contributed by atoms with Crippen molar-refractivity contribution >= 4 is 49.8 Å². The third kappa shape index (κ3) is 5.85. The fraction of sp³-hybridized carbons (Fsp3) is 0.400. The van der Waals surface area contributed by atoms with Crippen molar-refractivity contribution in [1.82, 2.24) is 10.2 Å². The lowest BCUT2D eigenvalue weighted by molar-refractivity contribution is -0.114. The topological polar surface area (TPSA) is 101 Å². The number of thioether (sulfide) groups is 1. The van der Waals surface area contributed by atoms with Crippen LogP contribution in [0.4, 0.5) is 10.8 Å². The third-order valence-electron chi connectivity index (χ3n) is 3.02. The van der Waals surface area contributed by atoms with Gasteiger partial charge >= 0.3 is 0 Å². The van der Waals surface area contributed by atoms with Crippen molar-refractivity contribution in [2.24, 2.45) is 0 Å². The van der Waals surface area contributed by atoms with Gasteiger partial charge in [0.15, 0.2) is 4.34 Å². The molecule has 1 N–H and O–H groups in total. The highest BCUT2D eigenvalue weighted by Gasteiger charge is 2.22. The molecule has 0 fully saturated rings. The van der Waals surface area contributed by atoms with Crippen molar-refractivity contribution in [2.75, 3.05) is 34.8 Å². The van der Waals surface area contributed by atoms with E-state index < -0.39 is 15.9 Å². The molecule has 11 heteroatoms. The van der Waals surface area contributed by atoms with Crippen LogP contribution in [0.25, 0.3) is 0 Å². The minimum absolute atomic E-state index is 0.336. The highest BCUT2D eigenvalue weighted by atomic mass is 32.2. The second-order valence-corrected chi connectivity index (χ2v) is 9.45. The zero-order valence-corrected chi connectivity index (χ0v) is 17.1. The van der Waals surface area contributed by atoms with E-state index in [-0.39, 0.29) is 6.54 Å². The van der Waals surface area contributed by atoms with Crippen LogP contribution in [0.15, 0.2) is 28.6 Å². The number of hydrogen-bond acceptors (Lipinski definition) is 8. The number of nitrogens with zero attached hydrogens (tertiary/aromatic N) is 3. The number of carbonyl (C=O) groups excluding carboxylic acids is 1. The average molecular weight is 417 g/mol. The van der Waals surface area contributed by atoms with Gasteiger partial charge in [0.25, 0.3) is 0 Å². The average Bonchev–Trinajstić information content (AvgIpc) is 2.99. The highest BCUT2D eigenvalue weighted by molar-refractivity contribution is 8.01. The number of anilines is 2. The van der Waals surface area contributed by atoms with Gasteiger partial charge in [-0.1, -0.05) is 36.1 Å². The van der Waals surface area contributed by atoms with Gasteiger partial charge in [0.1, 0.15) is 12.3 Å². The number of ether oxygens (including phenoxy) is 1. The fourth-order valence-electron chi connectivity index (χ4n) is 2.03. The molecule has 0 aliphatic heterocycles. The zero-order valence-electron chi connectivity index (χ0n) is 14.6. The fourth-order valence-corrected chi connectivity index (χ4v) is 4.54. The predicted octanol–water partition coefficient (Wildman–Crippen LogP) is 2.45. The summed E-state index contributed by atoms with van der Waals surface area (Å²) in [5, 5.41) is 10.8. The minimum Gasteiger partial charge on any atom is -0.494 e. The summed E-state index contributed by atoms with van der Waals surface area (Å²) < 4.78 is 31.5. The van der Waals surface area contributed by atoms with Crippen molar-refractivity contribution in [3.63, 3.8) is 0 Å². The van der Waals surface area contributed by atoms with Crippen LogP contribution >= 0.6 is 23.1 Å². The zero-order chi connectivity index (χ0) is 19.2. The van der Waals surface area contributed by atoms with Crippen LogP contribution in [0.5, 0.6) is 5.75 Å². The summed E-state index contributed by atoms with van der Waals surface area (Å²) in [6, 6.07) is 6.59. The van der Waals surface area contributed by atoms with Crippen molar-refractivity contribution in [1.29, 1.82) is 0 Å². The monoisotopic (exact) mass is 416 g/mol. The first-order valence-electron chi connectivity index (χ1n) is 7.80. The molecule has 1 aromatic carbocycles. The van der Waals surface area contributed by atoms with Gasteiger partial charge in [-0.3, -0.25) is 14.4 Å². The molecule has 0 atom stereocenters. The van der Waals surface area contributed by atoms with E-state index in [9.17, 15) is 13.2 Å². The summed E-state index contributed by atoms with van der Waals surface area (Å²) >= 11 is 2.76. The molecule has 1 amide bonds. The quantitative estimate of drug-likeness (QED) is 0.495. The summed E-state index contributed by atoms with van der Waals surface area (Å²) in [5.74, 6) is 0.881. The first kappa shape index (κ1) is 20.5. The molecular weight excluding hydrogens is 396 g/mol. The molecule has 0 spiro atoms. The second kappa shape index (κ2) is 9.19. The molecule has 0 bridgehead atoms. The van der Waals surface area contributed by atoms with Crippen LogP contribution in [0.1, 0.15) is 13.8 Å². The Morgan fingerprint density at radius 1 is 1.35 bits per heavy atom. The standard InChI is InChI=1S/C15H20N4O4S3/c1-4-23-12-8-6-7-11(9-12)19(26(3,21)22)10-13(20)16-14-17-18-15(25-14)24-5-2/h6-9H,4-5,10H2,1-3H3,(H,16,17,20). The Morgan fingerprint density at radius 3 is 2.77 bits per heavy atom. The maximum absolute atomic E-state index is 12.3. The lowest BCUT2D eigenvalue weighted by atomic mass is 10.3. The molecule has 2 aromatic rings. The predicted molar refractivity (Wildman–Crippen MR) is 105 cm³/mol. The number of carbonyl (C=O) groups is 1. The Balaban J connectivity index is 2.14. The summed E-state index contributed by atoms with van der Waals surface area (Å²) in [6.45, 7) is 3.91. The van der Waals surface area contributed by atoms with Crippen molar-refractivity contribution < 1.29 is 17.9 Å². The van der Waals surface area contributed by atoms with Crippen LogP contribution < -0.4 is 14.4 Å². The Morgan fingerprint density at radius 2 is 2.12 bits per heavy atom. The van der Waals surface area contributed by atoms with E-state index in [0.29, 0.717) is 23.2 Å². The molecule has 0 radical (unpaired) electrons. The number of aromatic nitrogens is 2. The number of hydrogen-bond donors (Lipinski definition) is 1. The molecule has 0 saturated carbocycles. The lowest BCUT2D eigenvalue weighted by Gasteiger charge is -2.22. The van der Waals surface area contributed by atoms with Crippen molar-refractivity contribution in [2.45, 2.75) is 18.2 Å². The molecule has 142 valence electrons. The molecule has 26 heavy (non-hydrogen) atoms. The molecule has 0 unspecified atom stereocenters. The van der Waals surface area contributed by atoms with Gasteiger partial charge in [0.2, 0.25) is 21.1 Å². The van der Waals surface area contributed by atoms with Crippen LogP contribution in [-0.4, -0.2) is 49.7 Å². The molecule has 0 aliphatic rings. The molecule has 1 aromatic heterocycles.